The van der Waals surface area contributed by atoms with Gasteiger partial charge in [0.25, 0.3) is 5.91 Å². The fourth-order valence-corrected chi connectivity index (χ4v) is 1.41. The largest absolute Gasteiger partial charge is 0.352 e. The van der Waals surface area contributed by atoms with Crippen LogP contribution in [0.25, 0.3) is 0 Å². The van der Waals surface area contributed by atoms with Gasteiger partial charge in [0.2, 0.25) is 0 Å². The van der Waals surface area contributed by atoms with Crippen LogP contribution < -0.4 is 11.1 Å². The van der Waals surface area contributed by atoms with Gasteiger partial charge in [-0.15, -0.1) is 0 Å². The van der Waals surface area contributed by atoms with Crippen molar-refractivity contribution in [3.05, 3.63) is 34.4 Å². The minimum atomic E-state index is -0.840. The van der Waals surface area contributed by atoms with Gasteiger partial charge in [0.15, 0.2) is 0 Å². The van der Waals surface area contributed by atoms with Crippen molar-refractivity contribution in [2.24, 2.45) is 5.73 Å². The fraction of sp³-hybridized carbons (Fsp3) is 0.364. The van der Waals surface area contributed by atoms with Crippen molar-refractivity contribution in [2.75, 3.05) is 13.1 Å². The Kier molecular flexibility index (Phi) is 5.31. The third kappa shape index (κ3) is 3.94. The molecule has 0 saturated heterocycles. The van der Waals surface area contributed by atoms with Gasteiger partial charge in [-0.25, -0.2) is 8.78 Å². The molecule has 0 heterocycles. The van der Waals surface area contributed by atoms with Crippen LogP contribution in [0.2, 0.25) is 5.02 Å². The average Bonchev–Trinajstić information content (AvgIpc) is 2.29. The third-order valence-corrected chi connectivity index (χ3v) is 2.46. The molecule has 1 amide bonds. The number of hydrogen-bond acceptors (Lipinski definition) is 2. The van der Waals surface area contributed by atoms with Crippen LogP contribution in [0.15, 0.2) is 12.1 Å². The van der Waals surface area contributed by atoms with Gasteiger partial charge in [0, 0.05) is 6.54 Å². The molecule has 1 aromatic carbocycles. The summed E-state index contributed by atoms with van der Waals surface area (Å²) in [5.74, 6) is -2.32. The number of hydrogen-bond donors (Lipinski definition) is 2. The SMILES string of the molecule is NCCCCNC(=O)c1cc(F)c(Cl)cc1F. The Labute approximate surface area is 103 Å². The zero-order valence-corrected chi connectivity index (χ0v) is 9.86. The summed E-state index contributed by atoms with van der Waals surface area (Å²) in [5.41, 5.74) is 4.93. The molecule has 6 heteroatoms. The highest BCUT2D eigenvalue weighted by Gasteiger charge is 2.14. The molecule has 0 saturated carbocycles. The molecule has 0 unspecified atom stereocenters. The molecule has 0 aliphatic carbocycles. The molecule has 17 heavy (non-hydrogen) atoms. The summed E-state index contributed by atoms with van der Waals surface area (Å²) in [6.07, 6.45) is 1.46. The Balaban J connectivity index is 2.66. The van der Waals surface area contributed by atoms with E-state index in [1.54, 1.807) is 0 Å². The lowest BCUT2D eigenvalue weighted by Crippen LogP contribution is -2.26. The van der Waals surface area contributed by atoms with E-state index in [1.165, 1.54) is 0 Å². The number of carbonyl (C=O) groups excluding carboxylic acids is 1. The van der Waals surface area contributed by atoms with Crippen molar-refractivity contribution in [1.82, 2.24) is 5.32 Å². The molecule has 0 aliphatic rings. The molecule has 3 nitrogen and oxygen atoms in total. The number of nitrogens with one attached hydrogen (secondary N) is 1. The summed E-state index contributed by atoms with van der Waals surface area (Å²) < 4.78 is 26.4. The Morgan fingerprint density at radius 1 is 1.29 bits per heavy atom. The highest BCUT2D eigenvalue weighted by molar-refractivity contribution is 6.30. The van der Waals surface area contributed by atoms with E-state index >= 15 is 0 Å². The van der Waals surface area contributed by atoms with E-state index in [0.717, 1.165) is 18.6 Å². The van der Waals surface area contributed by atoms with Crippen LogP contribution in [0.5, 0.6) is 0 Å². The Bertz CT molecular complexity index is 413. The molecule has 0 aromatic heterocycles. The lowest BCUT2D eigenvalue weighted by molar-refractivity contribution is 0.0948. The van der Waals surface area contributed by atoms with Crippen molar-refractivity contribution in [3.63, 3.8) is 0 Å². The van der Waals surface area contributed by atoms with E-state index in [4.69, 9.17) is 17.3 Å². The highest BCUT2D eigenvalue weighted by atomic mass is 35.5. The molecule has 1 rings (SSSR count). The summed E-state index contributed by atoms with van der Waals surface area (Å²) in [6.45, 7) is 0.902. The molecule has 0 fully saturated rings. The summed E-state index contributed by atoms with van der Waals surface area (Å²) in [7, 11) is 0. The van der Waals surface area contributed by atoms with Gasteiger partial charge in [-0.1, -0.05) is 11.6 Å². The molecule has 0 bridgehead atoms. The lowest BCUT2D eigenvalue weighted by atomic mass is 10.2. The number of amides is 1. The Morgan fingerprint density at radius 3 is 2.65 bits per heavy atom. The number of halogens is 3. The maximum absolute atomic E-state index is 13.3. The first-order valence-corrected chi connectivity index (χ1v) is 5.57. The normalized spacial score (nSPS) is 10.4. The maximum atomic E-state index is 13.3. The zero-order valence-electron chi connectivity index (χ0n) is 9.10. The molecule has 0 atom stereocenters. The number of carbonyl (C=O) groups is 1. The van der Waals surface area contributed by atoms with Gasteiger partial charge >= 0.3 is 0 Å². The van der Waals surface area contributed by atoms with Gasteiger partial charge in [-0.2, -0.15) is 0 Å². The lowest BCUT2D eigenvalue weighted by Gasteiger charge is -2.06. The van der Waals surface area contributed by atoms with Crippen LogP contribution in [0.3, 0.4) is 0 Å². The van der Waals surface area contributed by atoms with E-state index in [9.17, 15) is 13.6 Å². The topological polar surface area (TPSA) is 55.1 Å². The third-order valence-electron chi connectivity index (χ3n) is 2.17. The number of benzene rings is 1. The van der Waals surface area contributed by atoms with E-state index in [-0.39, 0.29) is 10.6 Å². The second-order valence-electron chi connectivity index (χ2n) is 3.50. The van der Waals surface area contributed by atoms with E-state index in [1.807, 2.05) is 0 Å². The first-order chi connectivity index (χ1) is 8.06. The van der Waals surface area contributed by atoms with Crippen LogP contribution in [0.1, 0.15) is 23.2 Å². The molecule has 0 radical (unpaired) electrons. The van der Waals surface area contributed by atoms with Crippen molar-refractivity contribution in [1.29, 1.82) is 0 Å². The van der Waals surface area contributed by atoms with Crippen LogP contribution in [0.4, 0.5) is 8.78 Å². The number of nitrogens with two attached hydrogens (primary N) is 1. The first-order valence-electron chi connectivity index (χ1n) is 5.19. The molecular weight excluding hydrogens is 250 g/mol. The Morgan fingerprint density at radius 2 is 2.00 bits per heavy atom. The smallest absolute Gasteiger partial charge is 0.254 e. The summed E-state index contributed by atoms with van der Waals surface area (Å²) >= 11 is 5.38. The van der Waals surface area contributed by atoms with E-state index in [2.05, 4.69) is 5.32 Å². The van der Waals surface area contributed by atoms with Gasteiger partial charge in [0.1, 0.15) is 11.6 Å². The molecule has 0 spiro atoms. The first kappa shape index (κ1) is 13.9. The molecule has 3 N–H and O–H groups in total. The quantitative estimate of drug-likeness (QED) is 0.631. The van der Waals surface area contributed by atoms with Gasteiger partial charge < -0.3 is 11.1 Å². The minimum absolute atomic E-state index is 0.345. The number of rotatable bonds is 5. The highest BCUT2D eigenvalue weighted by Crippen LogP contribution is 2.19. The summed E-state index contributed by atoms with van der Waals surface area (Å²) in [4.78, 5) is 11.5. The van der Waals surface area contributed by atoms with E-state index < -0.39 is 17.5 Å². The molecule has 94 valence electrons. The number of unbranched alkanes of at least 4 members (excludes halogenated alkanes) is 1. The van der Waals surface area contributed by atoms with Crippen LogP contribution in [-0.4, -0.2) is 19.0 Å². The van der Waals surface area contributed by atoms with Crippen molar-refractivity contribution < 1.29 is 13.6 Å². The second kappa shape index (κ2) is 6.51. The standard InChI is InChI=1S/C11H13ClF2N2O/c12-8-6-9(13)7(5-10(8)14)11(17)16-4-2-1-3-15/h5-6H,1-4,15H2,(H,16,17). The zero-order chi connectivity index (χ0) is 12.8. The predicted octanol–water partition coefficient (Wildman–Crippen LogP) is 2.09. The van der Waals surface area contributed by atoms with Gasteiger partial charge in [-0.05, 0) is 31.5 Å². The van der Waals surface area contributed by atoms with Gasteiger partial charge in [-0.3, -0.25) is 4.79 Å². The van der Waals surface area contributed by atoms with Crippen molar-refractivity contribution in [3.8, 4) is 0 Å². The van der Waals surface area contributed by atoms with Crippen molar-refractivity contribution in [2.45, 2.75) is 12.8 Å². The van der Waals surface area contributed by atoms with Crippen molar-refractivity contribution >= 4 is 17.5 Å². The predicted molar refractivity (Wildman–Crippen MR) is 62.0 cm³/mol. The minimum Gasteiger partial charge on any atom is -0.352 e. The average molecular weight is 263 g/mol. The second-order valence-corrected chi connectivity index (χ2v) is 3.91. The fourth-order valence-electron chi connectivity index (χ4n) is 1.26. The maximum Gasteiger partial charge on any atom is 0.254 e. The summed E-state index contributed by atoms with van der Waals surface area (Å²) in [6, 6.07) is 1.57. The van der Waals surface area contributed by atoms with E-state index in [0.29, 0.717) is 19.5 Å². The molecule has 0 aliphatic heterocycles. The van der Waals surface area contributed by atoms with Crippen LogP contribution in [0, 0.1) is 11.6 Å². The summed E-state index contributed by atoms with van der Waals surface area (Å²) in [5, 5.41) is 2.13. The van der Waals surface area contributed by atoms with Crippen LogP contribution in [-0.2, 0) is 0 Å². The molecule has 1 aromatic rings. The van der Waals surface area contributed by atoms with Crippen LogP contribution >= 0.6 is 11.6 Å². The van der Waals surface area contributed by atoms with Gasteiger partial charge in [0.05, 0.1) is 10.6 Å². The monoisotopic (exact) mass is 262 g/mol. The Hall–Kier alpha value is -1.20. The molecular formula is C11H13ClF2N2O.